The van der Waals surface area contributed by atoms with Crippen LogP contribution in [0.5, 0.6) is 0 Å². The molecular formula is C13H21N3O. The summed E-state index contributed by atoms with van der Waals surface area (Å²) >= 11 is 0. The van der Waals surface area contributed by atoms with Crippen LogP contribution < -0.4 is 15.5 Å². The van der Waals surface area contributed by atoms with Crippen molar-refractivity contribution in [3.8, 4) is 0 Å². The molecule has 0 atom stereocenters. The van der Waals surface area contributed by atoms with Crippen molar-refractivity contribution >= 4 is 17.3 Å². The van der Waals surface area contributed by atoms with Crippen molar-refractivity contribution in [2.45, 2.75) is 12.8 Å². The molecule has 4 heteroatoms. The third-order valence-corrected chi connectivity index (χ3v) is 2.57. The predicted octanol–water partition coefficient (Wildman–Crippen LogP) is 1.69. The van der Waals surface area contributed by atoms with E-state index in [1.807, 2.05) is 14.1 Å². The summed E-state index contributed by atoms with van der Waals surface area (Å²) < 4.78 is 0. The number of rotatable bonds is 6. The smallest absolute Gasteiger partial charge is 0.219 e. The summed E-state index contributed by atoms with van der Waals surface area (Å²) in [5.74, 6) is 0.0924. The van der Waals surface area contributed by atoms with Gasteiger partial charge in [0.05, 0.1) is 0 Å². The number of hydrogen-bond acceptors (Lipinski definition) is 3. The summed E-state index contributed by atoms with van der Waals surface area (Å²) in [6.45, 7) is 0.814. The fraction of sp³-hybridized carbons (Fsp3) is 0.462. The lowest BCUT2D eigenvalue weighted by molar-refractivity contribution is -0.120. The fourth-order valence-corrected chi connectivity index (χ4v) is 1.48. The highest BCUT2D eigenvalue weighted by Crippen LogP contribution is 2.15. The van der Waals surface area contributed by atoms with Crippen LogP contribution in [-0.2, 0) is 4.79 Å². The molecule has 0 unspecified atom stereocenters. The third kappa shape index (κ3) is 4.76. The maximum absolute atomic E-state index is 11.0. The first kappa shape index (κ1) is 13.4. The number of nitrogens with zero attached hydrogens (tertiary/aromatic N) is 1. The van der Waals surface area contributed by atoms with Gasteiger partial charge < -0.3 is 15.5 Å². The molecule has 4 nitrogen and oxygen atoms in total. The summed E-state index contributed by atoms with van der Waals surface area (Å²) in [5, 5.41) is 5.90. The van der Waals surface area contributed by atoms with E-state index in [-0.39, 0.29) is 5.91 Å². The van der Waals surface area contributed by atoms with Gasteiger partial charge in [-0.3, -0.25) is 4.79 Å². The van der Waals surface area contributed by atoms with Gasteiger partial charge in [-0.2, -0.15) is 0 Å². The molecule has 0 aromatic heterocycles. The number of carbonyl (C=O) groups is 1. The molecule has 0 saturated heterocycles. The average Bonchev–Trinajstić information content (AvgIpc) is 2.34. The van der Waals surface area contributed by atoms with Crippen LogP contribution in [0, 0.1) is 0 Å². The molecule has 94 valence electrons. The second-order valence-corrected chi connectivity index (χ2v) is 4.14. The zero-order valence-corrected chi connectivity index (χ0v) is 10.8. The van der Waals surface area contributed by atoms with E-state index >= 15 is 0 Å². The fourth-order valence-electron chi connectivity index (χ4n) is 1.48. The van der Waals surface area contributed by atoms with Gasteiger partial charge in [-0.05, 0) is 30.7 Å². The Morgan fingerprint density at radius 3 is 2.41 bits per heavy atom. The second-order valence-electron chi connectivity index (χ2n) is 4.14. The Hall–Kier alpha value is -1.71. The van der Waals surface area contributed by atoms with Crippen molar-refractivity contribution in [3.63, 3.8) is 0 Å². The molecule has 0 bridgehead atoms. The van der Waals surface area contributed by atoms with Gasteiger partial charge in [-0.25, -0.2) is 0 Å². The maximum atomic E-state index is 11.0. The molecule has 0 aliphatic carbocycles. The first-order valence-electron chi connectivity index (χ1n) is 5.85. The van der Waals surface area contributed by atoms with Crippen LogP contribution in [-0.4, -0.2) is 33.6 Å². The lowest BCUT2D eigenvalue weighted by atomic mass is 10.2. The minimum atomic E-state index is 0.0924. The van der Waals surface area contributed by atoms with Gasteiger partial charge in [0, 0.05) is 45.5 Å². The zero-order valence-electron chi connectivity index (χ0n) is 10.8. The van der Waals surface area contributed by atoms with Crippen LogP contribution in [0.4, 0.5) is 11.4 Å². The number of anilines is 2. The van der Waals surface area contributed by atoms with Gasteiger partial charge in [0.15, 0.2) is 0 Å². The predicted molar refractivity (Wildman–Crippen MR) is 72.6 cm³/mol. The molecule has 1 aromatic rings. The highest BCUT2D eigenvalue weighted by atomic mass is 16.1. The third-order valence-electron chi connectivity index (χ3n) is 2.57. The molecule has 17 heavy (non-hydrogen) atoms. The van der Waals surface area contributed by atoms with E-state index in [1.165, 1.54) is 5.69 Å². The number of carbonyl (C=O) groups excluding carboxylic acids is 1. The minimum absolute atomic E-state index is 0.0924. The van der Waals surface area contributed by atoms with Crippen molar-refractivity contribution in [1.29, 1.82) is 0 Å². The Morgan fingerprint density at radius 2 is 1.88 bits per heavy atom. The quantitative estimate of drug-likeness (QED) is 0.738. The van der Waals surface area contributed by atoms with E-state index in [2.05, 4.69) is 39.8 Å². The van der Waals surface area contributed by atoms with E-state index < -0.39 is 0 Å². The number of amides is 1. The van der Waals surface area contributed by atoms with Crippen molar-refractivity contribution < 1.29 is 4.79 Å². The summed E-state index contributed by atoms with van der Waals surface area (Å²) in [6.07, 6.45) is 1.41. The van der Waals surface area contributed by atoms with E-state index in [4.69, 9.17) is 0 Å². The van der Waals surface area contributed by atoms with Crippen LogP contribution in [0.25, 0.3) is 0 Å². The molecular weight excluding hydrogens is 214 g/mol. The molecule has 0 aliphatic heterocycles. The van der Waals surface area contributed by atoms with Gasteiger partial charge in [0.1, 0.15) is 0 Å². The van der Waals surface area contributed by atoms with E-state index in [1.54, 1.807) is 7.05 Å². The van der Waals surface area contributed by atoms with Gasteiger partial charge in [-0.1, -0.05) is 0 Å². The monoisotopic (exact) mass is 235 g/mol. The summed E-state index contributed by atoms with van der Waals surface area (Å²) in [5.41, 5.74) is 2.27. The summed E-state index contributed by atoms with van der Waals surface area (Å²) in [4.78, 5) is 13.1. The van der Waals surface area contributed by atoms with Crippen LogP contribution >= 0.6 is 0 Å². The molecule has 1 rings (SSSR count). The van der Waals surface area contributed by atoms with Crippen molar-refractivity contribution in [2.75, 3.05) is 37.9 Å². The molecule has 0 spiro atoms. The van der Waals surface area contributed by atoms with Gasteiger partial charge in [-0.15, -0.1) is 0 Å². The van der Waals surface area contributed by atoms with Crippen LogP contribution in [0.3, 0.4) is 0 Å². The highest BCUT2D eigenvalue weighted by molar-refractivity contribution is 5.75. The van der Waals surface area contributed by atoms with Gasteiger partial charge in [0.25, 0.3) is 0 Å². The number of hydrogen-bond donors (Lipinski definition) is 2. The molecule has 0 fully saturated rings. The topological polar surface area (TPSA) is 44.4 Å². The maximum Gasteiger partial charge on any atom is 0.219 e. The minimum Gasteiger partial charge on any atom is -0.385 e. The van der Waals surface area contributed by atoms with E-state index in [0.717, 1.165) is 18.7 Å². The van der Waals surface area contributed by atoms with Crippen LogP contribution in [0.2, 0.25) is 0 Å². The molecule has 0 saturated carbocycles. The molecule has 0 heterocycles. The Balaban J connectivity index is 2.30. The van der Waals surface area contributed by atoms with E-state index in [9.17, 15) is 4.79 Å². The highest BCUT2D eigenvalue weighted by Gasteiger charge is 1.98. The Labute approximate surface area is 103 Å². The lowest BCUT2D eigenvalue weighted by Gasteiger charge is -2.13. The summed E-state index contributed by atoms with van der Waals surface area (Å²) in [7, 11) is 5.70. The first-order chi connectivity index (χ1) is 8.13. The Morgan fingerprint density at radius 1 is 1.24 bits per heavy atom. The van der Waals surface area contributed by atoms with E-state index in [0.29, 0.717) is 6.42 Å². The largest absolute Gasteiger partial charge is 0.385 e. The normalized spacial score (nSPS) is 9.82. The van der Waals surface area contributed by atoms with Crippen molar-refractivity contribution in [1.82, 2.24) is 5.32 Å². The molecule has 0 aliphatic rings. The zero-order chi connectivity index (χ0) is 12.7. The summed E-state index contributed by atoms with van der Waals surface area (Å²) in [6, 6.07) is 8.24. The van der Waals surface area contributed by atoms with Crippen molar-refractivity contribution in [2.24, 2.45) is 0 Å². The van der Waals surface area contributed by atoms with Gasteiger partial charge >= 0.3 is 0 Å². The lowest BCUT2D eigenvalue weighted by Crippen LogP contribution is -2.18. The molecule has 2 N–H and O–H groups in total. The standard InChI is InChI=1S/C13H21N3O/c1-14-13(17)5-4-10-15-11-6-8-12(9-7-11)16(2)3/h6-9,15H,4-5,10H2,1-3H3,(H,14,17). The number of benzene rings is 1. The number of nitrogens with one attached hydrogen (secondary N) is 2. The molecule has 0 radical (unpaired) electrons. The van der Waals surface area contributed by atoms with Crippen molar-refractivity contribution in [3.05, 3.63) is 24.3 Å². The molecule has 1 amide bonds. The second kappa shape index (κ2) is 6.78. The SMILES string of the molecule is CNC(=O)CCCNc1ccc(N(C)C)cc1. The average molecular weight is 235 g/mol. The van der Waals surface area contributed by atoms with Crippen LogP contribution in [0.1, 0.15) is 12.8 Å². The van der Waals surface area contributed by atoms with Crippen LogP contribution in [0.15, 0.2) is 24.3 Å². The Bertz CT molecular complexity index is 346. The first-order valence-corrected chi connectivity index (χ1v) is 5.85. The van der Waals surface area contributed by atoms with Gasteiger partial charge in [0.2, 0.25) is 5.91 Å². The molecule has 1 aromatic carbocycles. The Kier molecular flexibility index (Phi) is 5.33.